The number of hydrogen-bond acceptors (Lipinski definition) is 6. The number of rotatable bonds is 7. The van der Waals surface area contributed by atoms with Gasteiger partial charge in [-0.25, -0.2) is 14.2 Å². The summed E-state index contributed by atoms with van der Waals surface area (Å²) in [4.78, 5) is 42.0. The number of nitrogens with one attached hydrogen (secondary N) is 2. The third kappa shape index (κ3) is 3.99. The highest BCUT2D eigenvalue weighted by atomic mass is 19.1. The van der Waals surface area contributed by atoms with Crippen LogP contribution in [0.1, 0.15) is 41.2 Å². The molecule has 1 aliphatic rings. The van der Waals surface area contributed by atoms with Gasteiger partial charge in [0, 0.05) is 18.3 Å². The second-order valence-corrected chi connectivity index (χ2v) is 7.98. The van der Waals surface area contributed by atoms with E-state index in [0.717, 1.165) is 12.1 Å². The number of aromatic nitrogens is 1. The average molecular weight is 454 g/mol. The second-order valence-electron chi connectivity index (χ2n) is 7.98. The van der Waals surface area contributed by atoms with Gasteiger partial charge in [-0.2, -0.15) is 0 Å². The lowest BCUT2D eigenvalue weighted by Gasteiger charge is -2.32. The Balaban J connectivity index is 1.70. The van der Waals surface area contributed by atoms with Crippen molar-refractivity contribution in [1.82, 2.24) is 20.5 Å². The van der Waals surface area contributed by atoms with E-state index in [4.69, 9.17) is 9.15 Å². The first-order valence-electron chi connectivity index (χ1n) is 10.4. The molecule has 0 bridgehead atoms. The number of carbonyl (C=O) groups is 3. The van der Waals surface area contributed by atoms with Gasteiger partial charge in [0.05, 0.1) is 19.2 Å². The topological polar surface area (TPSA) is 114 Å². The van der Waals surface area contributed by atoms with Crippen LogP contribution in [0.4, 0.5) is 9.18 Å². The lowest BCUT2D eigenvalue weighted by Crippen LogP contribution is -2.53. The van der Waals surface area contributed by atoms with Gasteiger partial charge < -0.3 is 19.4 Å². The Morgan fingerprint density at radius 1 is 1.36 bits per heavy atom. The van der Waals surface area contributed by atoms with Crippen LogP contribution in [0.3, 0.4) is 0 Å². The first kappa shape index (κ1) is 22.3. The summed E-state index contributed by atoms with van der Waals surface area (Å²) in [6.07, 6.45) is 0.991. The highest BCUT2D eigenvalue weighted by Gasteiger charge is 2.40. The van der Waals surface area contributed by atoms with E-state index in [9.17, 15) is 18.8 Å². The summed E-state index contributed by atoms with van der Waals surface area (Å²) in [5, 5.41) is 4.73. The summed E-state index contributed by atoms with van der Waals surface area (Å²) in [5.74, 6) is -0.949. The second kappa shape index (κ2) is 8.53. The minimum atomic E-state index is -1.25. The third-order valence-electron chi connectivity index (χ3n) is 5.70. The maximum absolute atomic E-state index is 14.8. The molecular weight excluding hydrogens is 431 g/mol. The number of furan rings is 1. The van der Waals surface area contributed by atoms with Crippen LogP contribution >= 0.6 is 0 Å². The molecule has 0 spiro atoms. The quantitative estimate of drug-likeness (QED) is 0.531. The number of halogens is 1. The van der Waals surface area contributed by atoms with Crippen molar-refractivity contribution in [2.75, 3.05) is 13.7 Å². The van der Waals surface area contributed by atoms with Crippen LogP contribution in [-0.2, 0) is 23.3 Å². The van der Waals surface area contributed by atoms with Gasteiger partial charge in [0.25, 0.3) is 5.91 Å². The number of nitrogens with zero attached hydrogens (tertiary/aromatic N) is 2. The van der Waals surface area contributed by atoms with Gasteiger partial charge in [-0.1, -0.05) is 13.0 Å². The molecule has 0 saturated heterocycles. The van der Waals surface area contributed by atoms with E-state index >= 15 is 0 Å². The molecule has 1 atom stereocenters. The molecule has 0 radical (unpaired) electrons. The van der Waals surface area contributed by atoms with Crippen molar-refractivity contribution in [3.05, 3.63) is 58.7 Å². The number of ether oxygens (including phenoxy) is 1. The van der Waals surface area contributed by atoms with Crippen molar-refractivity contribution in [3.63, 3.8) is 0 Å². The monoisotopic (exact) mass is 454 g/mol. The summed E-state index contributed by atoms with van der Waals surface area (Å²) < 4.78 is 25.7. The molecule has 3 aromatic rings. The van der Waals surface area contributed by atoms with Crippen LogP contribution in [0, 0.1) is 5.82 Å². The molecule has 10 heteroatoms. The van der Waals surface area contributed by atoms with Crippen molar-refractivity contribution in [3.8, 4) is 5.75 Å². The summed E-state index contributed by atoms with van der Waals surface area (Å²) in [5.41, 5.74) is 1.18. The summed E-state index contributed by atoms with van der Waals surface area (Å²) in [6.45, 7) is 3.73. The van der Waals surface area contributed by atoms with Gasteiger partial charge >= 0.3 is 6.03 Å². The fraction of sp³-hybridized carbons (Fsp3) is 0.304. The van der Waals surface area contributed by atoms with Gasteiger partial charge in [-0.05, 0) is 37.1 Å². The zero-order valence-corrected chi connectivity index (χ0v) is 18.4. The van der Waals surface area contributed by atoms with E-state index < -0.39 is 23.3 Å². The Bertz CT molecular complexity index is 1260. The molecule has 4 amide bonds. The standard InChI is InChI=1S/C23H23FN4O5/c1-4-14-6-8-16-15(26-14)9-18(33-16)23(2,27-22(31)25-12-29)11-28-10-13-5-7-17(32-3)20(24)19(13)21(28)30/h5-9,12H,4,10-11H2,1-3H3,(H2,25,27,29,31)/t23-/m0/s1. The zero-order valence-electron chi connectivity index (χ0n) is 18.4. The Hall–Kier alpha value is -3.95. The lowest BCUT2D eigenvalue weighted by molar-refractivity contribution is -0.108. The number of benzene rings is 1. The van der Waals surface area contributed by atoms with Gasteiger partial charge in [0.15, 0.2) is 17.1 Å². The van der Waals surface area contributed by atoms with Crippen molar-refractivity contribution < 1.29 is 27.9 Å². The molecule has 33 heavy (non-hydrogen) atoms. The van der Waals surface area contributed by atoms with Gasteiger partial charge in [-0.15, -0.1) is 0 Å². The Morgan fingerprint density at radius 2 is 2.15 bits per heavy atom. The SMILES string of the molecule is CCc1ccc2oc([C@](C)(CN3Cc4ccc(OC)c(F)c4C3=O)NC(=O)NC=O)cc2n1. The Morgan fingerprint density at radius 3 is 2.85 bits per heavy atom. The number of carbonyl (C=O) groups excluding carboxylic acids is 3. The molecule has 9 nitrogen and oxygen atoms in total. The highest BCUT2D eigenvalue weighted by molar-refractivity contribution is 5.99. The number of amides is 4. The molecule has 0 fully saturated rings. The van der Waals surface area contributed by atoms with Crippen molar-refractivity contribution in [2.45, 2.75) is 32.4 Å². The van der Waals surface area contributed by atoms with Crippen molar-refractivity contribution >= 4 is 29.4 Å². The molecule has 1 aromatic carbocycles. The van der Waals surface area contributed by atoms with Crippen molar-refractivity contribution in [1.29, 1.82) is 0 Å². The number of fused-ring (bicyclic) bond motifs is 2. The lowest BCUT2D eigenvalue weighted by atomic mass is 9.98. The van der Waals surface area contributed by atoms with Gasteiger partial charge in [0.1, 0.15) is 16.8 Å². The number of aryl methyl sites for hydroxylation is 1. The van der Waals surface area contributed by atoms with Crippen LogP contribution in [0.15, 0.2) is 34.7 Å². The minimum Gasteiger partial charge on any atom is -0.494 e. The van der Waals surface area contributed by atoms with E-state index in [2.05, 4.69) is 10.3 Å². The Kier molecular flexibility index (Phi) is 5.75. The van der Waals surface area contributed by atoms with Crippen LogP contribution in [-0.4, -0.2) is 41.9 Å². The van der Waals surface area contributed by atoms with Crippen LogP contribution in [0.25, 0.3) is 11.1 Å². The van der Waals surface area contributed by atoms with Gasteiger partial charge in [0.2, 0.25) is 6.41 Å². The molecule has 2 N–H and O–H groups in total. The van der Waals surface area contributed by atoms with E-state index in [1.54, 1.807) is 25.1 Å². The Labute approximate surface area is 188 Å². The molecule has 2 aromatic heterocycles. The molecular formula is C23H23FN4O5. The number of hydrogen-bond donors (Lipinski definition) is 2. The maximum atomic E-state index is 14.8. The summed E-state index contributed by atoms with van der Waals surface area (Å²) in [6, 6.07) is 7.65. The molecule has 3 heterocycles. The number of pyridine rings is 1. The van der Waals surface area contributed by atoms with E-state index in [0.29, 0.717) is 22.4 Å². The molecule has 4 rings (SSSR count). The zero-order chi connectivity index (χ0) is 23.8. The maximum Gasteiger partial charge on any atom is 0.322 e. The number of urea groups is 1. The molecule has 0 aliphatic carbocycles. The normalized spacial score (nSPS) is 14.7. The van der Waals surface area contributed by atoms with Crippen LogP contribution in [0.5, 0.6) is 5.75 Å². The fourth-order valence-electron chi connectivity index (χ4n) is 4.02. The highest BCUT2D eigenvalue weighted by Crippen LogP contribution is 2.34. The number of imide groups is 1. The molecule has 172 valence electrons. The first-order chi connectivity index (χ1) is 15.8. The number of methoxy groups -OCH3 is 1. The molecule has 0 unspecified atom stereocenters. The third-order valence-corrected chi connectivity index (χ3v) is 5.70. The van der Waals surface area contributed by atoms with Crippen LogP contribution in [0.2, 0.25) is 0 Å². The van der Waals surface area contributed by atoms with Gasteiger partial charge in [-0.3, -0.25) is 14.9 Å². The minimum absolute atomic E-state index is 0.0229. The molecule has 0 saturated carbocycles. The first-order valence-corrected chi connectivity index (χ1v) is 10.4. The summed E-state index contributed by atoms with van der Waals surface area (Å²) >= 11 is 0. The smallest absolute Gasteiger partial charge is 0.322 e. The van der Waals surface area contributed by atoms with Crippen molar-refractivity contribution in [2.24, 2.45) is 0 Å². The molecule has 1 aliphatic heterocycles. The predicted molar refractivity (Wildman–Crippen MR) is 116 cm³/mol. The predicted octanol–water partition coefficient (Wildman–Crippen LogP) is 2.86. The van der Waals surface area contributed by atoms with E-state index in [1.807, 2.05) is 18.3 Å². The van der Waals surface area contributed by atoms with Crippen LogP contribution < -0.4 is 15.4 Å². The largest absolute Gasteiger partial charge is 0.494 e. The average Bonchev–Trinajstić information content (AvgIpc) is 3.35. The van der Waals surface area contributed by atoms with E-state index in [-0.39, 0.29) is 30.8 Å². The fourth-order valence-corrected chi connectivity index (χ4v) is 4.02. The summed E-state index contributed by atoms with van der Waals surface area (Å²) in [7, 11) is 1.33. The van der Waals surface area contributed by atoms with E-state index in [1.165, 1.54) is 18.1 Å².